The van der Waals surface area contributed by atoms with Crippen molar-refractivity contribution in [1.29, 1.82) is 0 Å². The van der Waals surface area contributed by atoms with Crippen LogP contribution in [-0.4, -0.2) is 39.8 Å². The van der Waals surface area contributed by atoms with Crippen molar-refractivity contribution in [2.45, 2.75) is 25.6 Å². The fraction of sp³-hybridized carbons (Fsp3) is 0.273. The Morgan fingerprint density at radius 3 is 2.77 bits per heavy atom. The predicted molar refractivity (Wildman–Crippen MR) is 109 cm³/mol. The highest BCUT2D eigenvalue weighted by Crippen LogP contribution is 2.15. The molecule has 4 rings (SSSR count). The van der Waals surface area contributed by atoms with Crippen LogP contribution in [0.1, 0.15) is 17.5 Å². The highest BCUT2D eigenvalue weighted by Gasteiger charge is 2.23. The largest absolute Gasteiger partial charge is 0.334 e. The summed E-state index contributed by atoms with van der Waals surface area (Å²) in [6.45, 7) is 2.88. The molecule has 2 aromatic carbocycles. The molecule has 0 saturated carbocycles. The summed E-state index contributed by atoms with van der Waals surface area (Å²) >= 11 is 0. The minimum absolute atomic E-state index is 0.102. The first-order valence-electron chi connectivity index (χ1n) is 9.86. The van der Waals surface area contributed by atoms with Gasteiger partial charge in [0.25, 0.3) is 0 Å². The normalized spacial score (nSPS) is 16.5. The zero-order valence-electron chi connectivity index (χ0n) is 16.4. The Morgan fingerprint density at radius 1 is 1.13 bits per heavy atom. The Kier molecular flexibility index (Phi) is 6.04. The second-order valence-corrected chi connectivity index (χ2v) is 7.42. The quantitative estimate of drug-likeness (QED) is 0.655. The number of rotatable bonds is 6. The molecule has 156 valence electrons. The van der Waals surface area contributed by atoms with E-state index in [1.807, 2.05) is 18.2 Å². The third kappa shape index (κ3) is 5.01. The highest BCUT2D eigenvalue weighted by atomic mass is 19.1. The number of nitrogens with zero attached hydrogens (tertiary/aromatic N) is 3. The Morgan fingerprint density at radius 2 is 1.97 bits per heavy atom. The molecule has 8 heteroatoms. The molecule has 2 heterocycles. The number of likely N-dealkylation sites (tertiary alicyclic amines) is 1. The highest BCUT2D eigenvalue weighted by molar-refractivity contribution is 5.74. The lowest BCUT2D eigenvalue weighted by Gasteiger charge is -2.17. The maximum atomic E-state index is 13.9. The van der Waals surface area contributed by atoms with E-state index in [9.17, 15) is 13.6 Å². The van der Waals surface area contributed by atoms with Crippen LogP contribution in [0.25, 0.3) is 5.69 Å². The molecule has 1 unspecified atom stereocenters. The van der Waals surface area contributed by atoms with Gasteiger partial charge < -0.3 is 10.6 Å². The summed E-state index contributed by atoms with van der Waals surface area (Å²) in [5, 5.41) is 9.89. The molecule has 30 heavy (non-hydrogen) atoms. The summed E-state index contributed by atoms with van der Waals surface area (Å²) in [5.41, 5.74) is 2.12. The maximum absolute atomic E-state index is 13.9. The number of amides is 2. The van der Waals surface area contributed by atoms with Gasteiger partial charge in [-0.05, 0) is 24.1 Å². The molecule has 0 bridgehead atoms. The van der Waals surface area contributed by atoms with Crippen LogP contribution in [0.5, 0.6) is 0 Å². The first-order chi connectivity index (χ1) is 14.6. The molecule has 0 radical (unpaired) electrons. The minimum atomic E-state index is -0.698. The average Bonchev–Trinajstić information content (AvgIpc) is 3.37. The van der Waals surface area contributed by atoms with Crippen LogP contribution in [0.3, 0.4) is 0 Å². The third-order valence-corrected chi connectivity index (χ3v) is 5.10. The number of benzene rings is 2. The van der Waals surface area contributed by atoms with Crippen molar-refractivity contribution in [3.8, 4) is 5.69 Å². The molecule has 1 aromatic heterocycles. The smallest absolute Gasteiger partial charge is 0.315 e. The van der Waals surface area contributed by atoms with Gasteiger partial charge in [-0.15, -0.1) is 0 Å². The molecule has 1 aliphatic heterocycles. The monoisotopic (exact) mass is 411 g/mol. The lowest BCUT2D eigenvalue weighted by molar-refractivity contribution is 0.235. The molecule has 1 saturated heterocycles. The van der Waals surface area contributed by atoms with E-state index < -0.39 is 11.6 Å². The lowest BCUT2D eigenvalue weighted by Crippen LogP contribution is -2.43. The van der Waals surface area contributed by atoms with E-state index in [1.54, 1.807) is 12.4 Å². The van der Waals surface area contributed by atoms with Crippen LogP contribution in [0, 0.1) is 11.6 Å². The van der Waals surface area contributed by atoms with Crippen molar-refractivity contribution < 1.29 is 13.6 Å². The Labute approximate surface area is 173 Å². The molecule has 0 spiro atoms. The van der Waals surface area contributed by atoms with Crippen molar-refractivity contribution in [3.05, 3.63) is 83.7 Å². The van der Waals surface area contributed by atoms with E-state index in [2.05, 4.69) is 32.8 Å². The summed E-state index contributed by atoms with van der Waals surface area (Å²) in [6, 6.07) is 13.4. The van der Waals surface area contributed by atoms with Crippen molar-refractivity contribution >= 4 is 6.03 Å². The zero-order valence-corrected chi connectivity index (χ0v) is 16.4. The molecular weight excluding hydrogens is 388 g/mol. The van der Waals surface area contributed by atoms with Crippen molar-refractivity contribution in [2.24, 2.45) is 0 Å². The van der Waals surface area contributed by atoms with E-state index in [0.717, 1.165) is 32.1 Å². The minimum Gasteiger partial charge on any atom is -0.334 e. The van der Waals surface area contributed by atoms with Gasteiger partial charge in [0.1, 0.15) is 11.5 Å². The number of halogens is 2. The van der Waals surface area contributed by atoms with Gasteiger partial charge in [-0.2, -0.15) is 5.10 Å². The van der Waals surface area contributed by atoms with Gasteiger partial charge in [-0.3, -0.25) is 4.90 Å². The summed E-state index contributed by atoms with van der Waals surface area (Å²) in [7, 11) is 0. The second-order valence-electron chi connectivity index (χ2n) is 7.42. The Bertz CT molecular complexity index is 1010. The van der Waals surface area contributed by atoms with Crippen LogP contribution >= 0.6 is 0 Å². The van der Waals surface area contributed by atoms with E-state index in [0.29, 0.717) is 5.56 Å². The molecule has 1 aliphatic rings. The molecule has 2 amide bonds. The number of hydrogen-bond acceptors (Lipinski definition) is 3. The molecule has 1 atom stereocenters. The molecule has 2 N–H and O–H groups in total. The number of carbonyl (C=O) groups is 1. The zero-order chi connectivity index (χ0) is 20.9. The van der Waals surface area contributed by atoms with Crippen LogP contribution in [0.2, 0.25) is 0 Å². The van der Waals surface area contributed by atoms with Crippen molar-refractivity contribution in [1.82, 2.24) is 25.3 Å². The van der Waals surface area contributed by atoms with E-state index in [4.69, 9.17) is 0 Å². The van der Waals surface area contributed by atoms with Crippen LogP contribution in [0.4, 0.5) is 13.6 Å². The fourth-order valence-electron chi connectivity index (χ4n) is 3.60. The lowest BCUT2D eigenvalue weighted by atomic mass is 10.2. The summed E-state index contributed by atoms with van der Waals surface area (Å²) < 4.78 is 28.2. The fourth-order valence-corrected chi connectivity index (χ4v) is 3.60. The number of carbonyl (C=O) groups excluding carboxylic acids is 1. The average molecular weight is 411 g/mol. The van der Waals surface area contributed by atoms with Gasteiger partial charge in [0.05, 0.1) is 6.20 Å². The van der Waals surface area contributed by atoms with E-state index >= 15 is 0 Å². The third-order valence-electron chi connectivity index (χ3n) is 5.10. The van der Waals surface area contributed by atoms with Gasteiger partial charge in [0, 0.05) is 50.0 Å². The van der Waals surface area contributed by atoms with E-state index in [-0.39, 0.29) is 24.3 Å². The van der Waals surface area contributed by atoms with Crippen molar-refractivity contribution in [3.63, 3.8) is 0 Å². The SMILES string of the molecule is O=C(NCc1cnn(-c2ccc(F)cc2F)c1)NC1CCN(Cc2ccccc2)C1. The Balaban J connectivity index is 1.24. The van der Waals surface area contributed by atoms with Crippen molar-refractivity contribution in [2.75, 3.05) is 13.1 Å². The topological polar surface area (TPSA) is 62.2 Å². The van der Waals surface area contributed by atoms with Gasteiger partial charge in [-0.25, -0.2) is 18.3 Å². The number of hydrogen-bond donors (Lipinski definition) is 2. The second kappa shape index (κ2) is 9.04. The van der Waals surface area contributed by atoms with Crippen LogP contribution < -0.4 is 10.6 Å². The molecular formula is C22H23F2N5O. The van der Waals surface area contributed by atoms with Gasteiger partial charge >= 0.3 is 6.03 Å². The van der Waals surface area contributed by atoms with E-state index in [1.165, 1.54) is 22.4 Å². The summed E-state index contributed by atoms with van der Waals surface area (Å²) in [4.78, 5) is 14.6. The van der Waals surface area contributed by atoms with Crippen LogP contribution in [-0.2, 0) is 13.1 Å². The Hall–Kier alpha value is -3.26. The standard InChI is InChI=1S/C22H23F2N5O/c23-18-6-7-21(20(24)10-18)29-14-17(12-26-29)11-25-22(30)27-19-8-9-28(15-19)13-16-4-2-1-3-5-16/h1-7,10,12,14,19H,8-9,11,13,15H2,(H2,25,27,30). The maximum Gasteiger partial charge on any atom is 0.315 e. The first-order valence-corrected chi connectivity index (χ1v) is 9.86. The van der Waals surface area contributed by atoms with Gasteiger partial charge in [0.2, 0.25) is 0 Å². The predicted octanol–water partition coefficient (Wildman–Crippen LogP) is 3.22. The first kappa shape index (κ1) is 20.0. The number of urea groups is 1. The van der Waals surface area contributed by atoms with Gasteiger partial charge in [-0.1, -0.05) is 30.3 Å². The molecule has 3 aromatic rings. The number of aromatic nitrogens is 2. The summed E-state index contributed by atoms with van der Waals surface area (Å²) in [6.07, 6.45) is 4.05. The molecule has 0 aliphatic carbocycles. The summed E-state index contributed by atoms with van der Waals surface area (Å²) in [5.74, 6) is -1.34. The molecule has 6 nitrogen and oxygen atoms in total. The van der Waals surface area contributed by atoms with Gasteiger partial charge in [0.15, 0.2) is 5.82 Å². The number of nitrogens with one attached hydrogen (secondary N) is 2. The molecule has 1 fully saturated rings. The van der Waals surface area contributed by atoms with Crippen LogP contribution in [0.15, 0.2) is 60.9 Å².